The summed E-state index contributed by atoms with van der Waals surface area (Å²) >= 11 is 1.40. The molecule has 0 saturated carbocycles. The molecule has 2 rings (SSSR count). The van der Waals surface area contributed by atoms with Gasteiger partial charge in [-0.25, -0.2) is 0 Å². The summed E-state index contributed by atoms with van der Waals surface area (Å²) in [5, 5.41) is 0. The van der Waals surface area contributed by atoms with Gasteiger partial charge in [-0.1, -0.05) is 17.4 Å². The Balaban J connectivity index is 2.78. The van der Waals surface area contributed by atoms with Crippen LogP contribution in [0.5, 0.6) is 0 Å². The summed E-state index contributed by atoms with van der Waals surface area (Å²) in [6, 6.07) is 4.07. The Kier molecular flexibility index (Phi) is 4.04. The molecule has 1 aromatic carbocycles. The molecule has 6 heteroatoms. The van der Waals surface area contributed by atoms with Gasteiger partial charge in [0.05, 0.1) is 17.3 Å². The minimum absolute atomic E-state index is 0.0481. The van der Waals surface area contributed by atoms with Crippen molar-refractivity contribution in [2.75, 3.05) is 7.11 Å². The zero-order valence-electron chi connectivity index (χ0n) is 11.9. The second kappa shape index (κ2) is 5.58. The topological polar surface area (TPSA) is 60.7 Å². The van der Waals surface area contributed by atoms with Crippen molar-refractivity contribution in [3.05, 3.63) is 28.1 Å². The Labute approximate surface area is 120 Å². The van der Waals surface area contributed by atoms with Crippen LogP contribution in [0.1, 0.15) is 18.1 Å². The van der Waals surface area contributed by atoms with Gasteiger partial charge in [-0.2, -0.15) is 4.99 Å². The Morgan fingerprint density at radius 3 is 2.65 bits per heavy atom. The number of aryl methyl sites for hydroxylation is 2. The number of hydrogen-bond acceptors (Lipinski definition) is 4. The van der Waals surface area contributed by atoms with E-state index in [4.69, 9.17) is 4.74 Å². The molecule has 0 unspecified atom stereocenters. The lowest BCUT2D eigenvalue weighted by atomic mass is 10.1. The third-order valence-corrected chi connectivity index (χ3v) is 3.91. The lowest BCUT2D eigenvalue weighted by molar-refractivity contribution is -0.141. The summed E-state index contributed by atoms with van der Waals surface area (Å²) < 4.78 is 7.46. The number of methoxy groups -OCH3 is 1. The van der Waals surface area contributed by atoms with E-state index in [0.717, 1.165) is 21.3 Å². The van der Waals surface area contributed by atoms with Crippen LogP contribution in [-0.2, 0) is 20.9 Å². The van der Waals surface area contributed by atoms with Gasteiger partial charge in [-0.05, 0) is 31.0 Å². The molecule has 1 aromatic heterocycles. The standard InChI is InChI=1S/C14H16N2O3S/c1-8-5-9(2)13-11(6-8)20-14(15-10(3)17)16(13)7-12(18)19-4/h5-6H,7H2,1-4H3. The van der Waals surface area contributed by atoms with Gasteiger partial charge in [0, 0.05) is 6.92 Å². The van der Waals surface area contributed by atoms with E-state index in [1.165, 1.54) is 25.4 Å². The smallest absolute Gasteiger partial charge is 0.325 e. The van der Waals surface area contributed by atoms with Crippen molar-refractivity contribution in [3.8, 4) is 0 Å². The Hall–Kier alpha value is -1.95. The number of thiazole rings is 1. The molecule has 0 aliphatic rings. The van der Waals surface area contributed by atoms with Crippen LogP contribution >= 0.6 is 11.3 Å². The number of aromatic nitrogens is 1. The summed E-state index contributed by atoms with van der Waals surface area (Å²) in [6.45, 7) is 5.43. The van der Waals surface area contributed by atoms with Gasteiger partial charge >= 0.3 is 5.97 Å². The van der Waals surface area contributed by atoms with Gasteiger partial charge in [-0.3, -0.25) is 9.59 Å². The Morgan fingerprint density at radius 2 is 2.05 bits per heavy atom. The fourth-order valence-electron chi connectivity index (χ4n) is 2.15. The van der Waals surface area contributed by atoms with Crippen molar-refractivity contribution in [1.82, 2.24) is 4.57 Å². The number of amides is 1. The number of benzene rings is 1. The van der Waals surface area contributed by atoms with Crippen LogP contribution in [0.3, 0.4) is 0 Å². The van der Waals surface area contributed by atoms with Crippen molar-refractivity contribution in [3.63, 3.8) is 0 Å². The SMILES string of the molecule is COC(=O)Cn1c(=NC(C)=O)sc2cc(C)cc(C)c21. The fourth-order valence-corrected chi connectivity index (χ4v) is 3.40. The highest BCUT2D eigenvalue weighted by Gasteiger charge is 2.13. The van der Waals surface area contributed by atoms with Crippen LogP contribution in [0.15, 0.2) is 17.1 Å². The van der Waals surface area contributed by atoms with E-state index in [9.17, 15) is 9.59 Å². The van der Waals surface area contributed by atoms with Crippen molar-refractivity contribution >= 4 is 33.4 Å². The molecule has 1 heterocycles. The van der Waals surface area contributed by atoms with Gasteiger partial charge in [0.25, 0.3) is 0 Å². The first kappa shape index (κ1) is 14.5. The molecule has 0 saturated heterocycles. The zero-order valence-corrected chi connectivity index (χ0v) is 12.7. The Bertz CT molecular complexity index is 756. The summed E-state index contributed by atoms with van der Waals surface area (Å²) in [4.78, 5) is 27.3. The van der Waals surface area contributed by atoms with Gasteiger partial charge < -0.3 is 9.30 Å². The highest BCUT2D eigenvalue weighted by molar-refractivity contribution is 7.16. The number of nitrogens with zero attached hydrogens (tertiary/aromatic N) is 2. The second-order valence-electron chi connectivity index (χ2n) is 4.61. The number of hydrogen-bond donors (Lipinski definition) is 0. The average Bonchev–Trinajstić information content (AvgIpc) is 2.66. The van der Waals surface area contributed by atoms with Crippen LogP contribution in [0.4, 0.5) is 0 Å². The molecule has 0 radical (unpaired) electrons. The van der Waals surface area contributed by atoms with E-state index in [-0.39, 0.29) is 18.4 Å². The van der Waals surface area contributed by atoms with Gasteiger partial charge in [0.2, 0.25) is 5.91 Å². The van der Waals surface area contributed by atoms with Crippen LogP contribution in [0, 0.1) is 13.8 Å². The first-order valence-electron chi connectivity index (χ1n) is 6.15. The van der Waals surface area contributed by atoms with Crippen molar-refractivity contribution in [2.45, 2.75) is 27.3 Å². The Morgan fingerprint density at radius 1 is 1.35 bits per heavy atom. The maximum absolute atomic E-state index is 11.6. The van der Waals surface area contributed by atoms with Crippen LogP contribution in [0.25, 0.3) is 10.2 Å². The molecule has 2 aromatic rings. The van der Waals surface area contributed by atoms with Crippen LogP contribution in [0.2, 0.25) is 0 Å². The molecule has 0 atom stereocenters. The molecule has 0 N–H and O–H groups in total. The van der Waals surface area contributed by atoms with Crippen molar-refractivity contribution < 1.29 is 14.3 Å². The minimum Gasteiger partial charge on any atom is -0.468 e. The quantitative estimate of drug-likeness (QED) is 0.795. The lowest BCUT2D eigenvalue weighted by Gasteiger charge is -2.06. The number of rotatable bonds is 2. The molecule has 0 aliphatic heterocycles. The summed E-state index contributed by atoms with van der Waals surface area (Å²) in [6.07, 6.45) is 0. The van der Waals surface area contributed by atoms with Gasteiger partial charge in [0.1, 0.15) is 6.54 Å². The second-order valence-corrected chi connectivity index (χ2v) is 5.62. The summed E-state index contributed by atoms with van der Waals surface area (Å²) in [7, 11) is 1.34. The highest BCUT2D eigenvalue weighted by Crippen LogP contribution is 2.23. The third kappa shape index (κ3) is 2.80. The first-order chi connectivity index (χ1) is 9.42. The van der Waals surface area contributed by atoms with E-state index < -0.39 is 0 Å². The summed E-state index contributed by atoms with van der Waals surface area (Å²) in [5.74, 6) is -0.653. The molecule has 20 heavy (non-hydrogen) atoms. The van der Waals surface area contributed by atoms with Crippen molar-refractivity contribution in [2.24, 2.45) is 4.99 Å². The fraction of sp³-hybridized carbons (Fsp3) is 0.357. The predicted molar refractivity (Wildman–Crippen MR) is 77.5 cm³/mol. The predicted octanol–water partition coefficient (Wildman–Crippen LogP) is 1.94. The normalized spacial score (nSPS) is 11.9. The number of esters is 1. The van der Waals surface area contributed by atoms with Gasteiger partial charge in [-0.15, -0.1) is 0 Å². The molecule has 0 aliphatic carbocycles. The number of carbonyl (C=O) groups is 2. The molecule has 106 valence electrons. The summed E-state index contributed by atoms with van der Waals surface area (Å²) in [5.41, 5.74) is 3.10. The van der Waals surface area contributed by atoms with E-state index in [0.29, 0.717) is 4.80 Å². The molecule has 1 amide bonds. The largest absolute Gasteiger partial charge is 0.468 e. The number of fused-ring (bicyclic) bond motifs is 1. The number of ether oxygens (including phenoxy) is 1. The lowest BCUT2D eigenvalue weighted by Crippen LogP contribution is -2.22. The van der Waals surface area contributed by atoms with Crippen molar-refractivity contribution in [1.29, 1.82) is 0 Å². The maximum atomic E-state index is 11.6. The van der Waals surface area contributed by atoms with E-state index >= 15 is 0 Å². The first-order valence-corrected chi connectivity index (χ1v) is 6.96. The van der Waals surface area contributed by atoms with E-state index in [1.54, 1.807) is 4.57 Å². The molecule has 5 nitrogen and oxygen atoms in total. The number of carbonyl (C=O) groups excluding carboxylic acids is 2. The minimum atomic E-state index is -0.366. The highest BCUT2D eigenvalue weighted by atomic mass is 32.1. The van der Waals surface area contributed by atoms with E-state index in [2.05, 4.69) is 4.99 Å². The molecule has 0 fully saturated rings. The molecular weight excluding hydrogens is 276 g/mol. The zero-order chi connectivity index (χ0) is 14.9. The van der Waals surface area contributed by atoms with E-state index in [1.807, 2.05) is 26.0 Å². The van der Waals surface area contributed by atoms with Crippen LogP contribution in [-0.4, -0.2) is 23.6 Å². The molecule has 0 bridgehead atoms. The molecular formula is C14H16N2O3S. The van der Waals surface area contributed by atoms with Crippen LogP contribution < -0.4 is 4.80 Å². The monoisotopic (exact) mass is 292 g/mol. The average molecular weight is 292 g/mol. The van der Waals surface area contributed by atoms with Gasteiger partial charge in [0.15, 0.2) is 4.80 Å². The third-order valence-electron chi connectivity index (χ3n) is 2.88. The maximum Gasteiger partial charge on any atom is 0.325 e. The molecule has 0 spiro atoms.